The van der Waals surface area contributed by atoms with Gasteiger partial charge < -0.3 is 5.11 Å². The van der Waals surface area contributed by atoms with Crippen molar-refractivity contribution in [2.75, 3.05) is 0 Å². The average molecular weight is 176 g/mol. The zero-order valence-electron chi connectivity index (χ0n) is 7.73. The summed E-state index contributed by atoms with van der Waals surface area (Å²) in [4.78, 5) is 7.79. The lowest BCUT2D eigenvalue weighted by molar-refractivity contribution is 0.126. The molecule has 13 heavy (non-hydrogen) atoms. The first-order valence-corrected chi connectivity index (χ1v) is 4.11. The Balaban J connectivity index is 2.87. The van der Waals surface area contributed by atoms with Crippen molar-refractivity contribution in [1.29, 1.82) is 0 Å². The lowest BCUT2D eigenvalue weighted by Crippen LogP contribution is -2.06. The van der Waals surface area contributed by atoms with Crippen molar-refractivity contribution in [1.82, 2.24) is 9.97 Å². The van der Waals surface area contributed by atoms with E-state index in [1.807, 2.05) is 13.8 Å². The SMILES string of the molecule is C#Cc1ncc([C@H](O)C(C)C)cn1. The summed E-state index contributed by atoms with van der Waals surface area (Å²) in [6.07, 6.45) is 7.70. The Morgan fingerprint density at radius 3 is 2.31 bits per heavy atom. The van der Waals surface area contributed by atoms with Gasteiger partial charge in [0.05, 0.1) is 6.10 Å². The minimum absolute atomic E-state index is 0.153. The molecule has 0 saturated carbocycles. The van der Waals surface area contributed by atoms with Crippen molar-refractivity contribution >= 4 is 0 Å². The molecule has 0 amide bonds. The van der Waals surface area contributed by atoms with Crippen molar-refractivity contribution in [3.05, 3.63) is 23.8 Å². The van der Waals surface area contributed by atoms with Crippen molar-refractivity contribution in [2.24, 2.45) is 5.92 Å². The third-order valence-corrected chi connectivity index (χ3v) is 1.77. The van der Waals surface area contributed by atoms with Crippen LogP contribution >= 0.6 is 0 Å². The van der Waals surface area contributed by atoms with Crippen LogP contribution in [0.3, 0.4) is 0 Å². The summed E-state index contributed by atoms with van der Waals surface area (Å²) in [6.45, 7) is 3.86. The van der Waals surface area contributed by atoms with Gasteiger partial charge in [0, 0.05) is 18.0 Å². The van der Waals surface area contributed by atoms with Crippen LogP contribution < -0.4 is 0 Å². The number of aliphatic hydroxyl groups is 1. The van der Waals surface area contributed by atoms with Crippen molar-refractivity contribution in [3.8, 4) is 12.3 Å². The summed E-state index contributed by atoms with van der Waals surface area (Å²) < 4.78 is 0. The molecule has 0 aliphatic rings. The molecule has 0 unspecified atom stereocenters. The van der Waals surface area contributed by atoms with E-state index < -0.39 is 6.10 Å². The highest BCUT2D eigenvalue weighted by atomic mass is 16.3. The van der Waals surface area contributed by atoms with Crippen molar-refractivity contribution < 1.29 is 5.11 Å². The van der Waals surface area contributed by atoms with E-state index in [2.05, 4.69) is 15.9 Å². The van der Waals surface area contributed by atoms with E-state index in [0.29, 0.717) is 11.4 Å². The normalized spacial score (nSPS) is 12.5. The maximum atomic E-state index is 9.63. The molecule has 0 aliphatic heterocycles. The molecular formula is C10H12N2O. The molecule has 0 aliphatic carbocycles. The zero-order chi connectivity index (χ0) is 9.84. The third kappa shape index (κ3) is 2.27. The van der Waals surface area contributed by atoms with E-state index in [-0.39, 0.29) is 5.92 Å². The van der Waals surface area contributed by atoms with Gasteiger partial charge in [0.25, 0.3) is 0 Å². The number of aliphatic hydroxyl groups excluding tert-OH is 1. The van der Waals surface area contributed by atoms with E-state index in [0.717, 1.165) is 0 Å². The van der Waals surface area contributed by atoms with Crippen LogP contribution in [-0.2, 0) is 0 Å². The predicted octanol–water partition coefficient (Wildman–Crippen LogP) is 1.15. The monoisotopic (exact) mass is 176 g/mol. The summed E-state index contributed by atoms with van der Waals surface area (Å²) in [5.41, 5.74) is 0.703. The van der Waals surface area contributed by atoms with Crippen LogP contribution in [0.1, 0.15) is 31.3 Å². The van der Waals surface area contributed by atoms with E-state index in [9.17, 15) is 5.11 Å². The molecule has 3 nitrogen and oxygen atoms in total. The maximum Gasteiger partial charge on any atom is 0.204 e. The Morgan fingerprint density at radius 1 is 1.38 bits per heavy atom. The van der Waals surface area contributed by atoms with E-state index in [4.69, 9.17) is 6.42 Å². The summed E-state index contributed by atoms with van der Waals surface area (Å²) in [7, 11) is 0. The number of hydrogen-bond acceptors (Lipinski definition) is 3. The lowest BCUT2D eigenvalue weighted by atomic mass is 10.0. The van der Waals surface area contributed by atoms with Gasteiger partial charge in [-0.25, -0.2) is 9.97 Å². The number of terminal acetylenes is 1. The number of hydrogen-bond donors (Lipinski definition) is 1. The molecule has 1 N–H and O–H groups in total. The van der Waals surface area contributed by atoms with Gasteiger partial charge in [-0.05, 0) is 11.8 Å². The summed E-state index contributed by atoms with van der Waals surface area (Å²) in [5, 5.41) is 9.63. The fraction of sp³-hybridized carbons (Fsp3) is 0.400. The van der Waals surface area contributed by atoms with E-state index in [1.165, 1.54) is 0 Å². The summed E-state index contributed by atoms with van der Waals surface area (Å²) >= 11 is 0. The van der Waals surface area contributed by atoms with Gasteiger partial charge in [0.15, 0.2) is 0 Å². The Bertz CT molecular complexity index is 311. The van der Waals surface area contributed by atoms with Crippen molar-refractivity contribution in [3.63, 3.8) is 0 Å². The highest BCUT2D eigenvalue weighted by Gasteiger charge is 2.12. The molecule has 0 fully saturated rings. The molecule has 3 heteroatoms. The molecule has 0 radical (unpaired) electrons. The van der Waals surface area contributed by atoms with Gasteiger partial charge in [-0.15, -0.1) is 6.42 Å². The maximum absolute atomic E-state index is 9.63. The second kappa shape index (κ2) is 4.01. The average Bonchev–Trinajstić information content (AvgIpc) is 2.17. The second-order valence-electron chi connectivity index (χ2n) is 3.17. The van der Waals surface area contributed by atoms with Gasteiger partial charge in [-0.3, -0.25) is 0 Å². The van der Waals surface area contributed by atoms with Gasteiger partial charge in [0.2, 0.25) is 5.82 Å². The Morgan fingerprint density at radius 2 is 1.92 bits per heavy atom. The summed E-state index contributed by atoms with van der Waals surface area (Å²) in [5.74, 6) is 2.82. The molecule has 1 rings (SSSR count). The molecule has 0 aromatic carbocycles. The Hall–Kier alpha value is -1.40. The van der Waals surface area contributed by atoms with Crippen LogP contribution in [0.25, 0.3) is 0 Å². The van der Waals surface area contributed by atoms with Crippen LogP contribution in [-0.4, -0.2) is 15.1 Å². The van der Waals surface area contributed by atoms with Crippen LogP contribution in [0.2, 0.25) is 0 Å². The van der Waals surface area contributed by atoms with Crippen LogP contribution in [0.4, 0.5) is 0 Å². The number of rotatable bonds is 2. The third-order valence-electron chi connectivity index (χ3n) is 1.77. The second-order valence-corrected chi connectivity index (χ2v) is 3.17. The minimum Gasteiger partial charge on any atom is -0.388 e. The van der Waals surface area contributed by atoms with Gasteiger partial charge in [-0.2, -0.15) is 0 Å². The minimum atomic E-state index is -0.521. The predicted molar refractivity (Wildman–Crippen MR) is 49.8 cm³/mol. The Labute approximate surface area is 77.9 Å². The van der Waals surface area contributed by atoms with Gasteiger partial charge in [0.1, 0.15) is 0 Å². The fourth-order valence-corrected chi connectivity index (χ4v) is 0.950. The fourth-order valence-electron chi connectivity index (χ4n) is 0.950. The molecule has 1 aromatic heterocycles. The first-order valence-electron chi connectivity index (χ1n) is 4.11. The molecule has 0 spiro atoms. The number of aromatic nitrogens is 2. The van der Waals surface area contributed by atoms with Gasteiger partial charge >= 0.3 is 0 Å². The molecule has 68 valence electrons. The van der Waals surface area contributed by atoms with Crippen molar-refractivity contribution in [2.45, 2.75) is 20.0 Å². The topological polar surface area (TPSA) is 46.0 Å². The Kier molecular flexibility index (Phi) is 2.99. The van der Waals surface area contributed by atoms with E-state index in [1.54, 1.807) is 12.4 Å². The largest absolute Gasteiger partial charge is 0.388 e. The zero-order valence-corrected chi connectivity index (χ0v) is 7.73. The van der Waals surface area contributed by atoms with Crippen LogP contribution in [0, 0.1) is 18.3 Å². The molecular weight excluding hydrogens is 164 g/mol. The molecule has 0 bridgehead atoms. The first-order chi connectivity index (χ1) is 6.15. The highest BCUT2D eigenvalue weighted by Crippen LogP contribution is 2.19. The summed E-state index contributed by atoms with van der Waals surface area (Å²) in [6, 6.07) is 0. The molecule has 1 atom stereocenters. The standard InChI is InChI=1S/C10H12N2O/c1-4-9-11-5-8(6-12-9)10(13)7(2)3/h1,5-7,10,13H,2-3H3/t10-/m1/s1. The molecule has 1 aromatic rings. The number of nitrogens with zero attached hydrogens (tertiary/aromatic N) is 2. The smallest absolute Gasteiger partial charge is 0.204 e. The lowest BCUT2D eigenvalue weighted by Gasteiger charge is -2.13. The van der Waals surface area contributed by atoms with Gasteiger partial charge in [-0.1, -0.05) is 13.8 Å². The van der Waals surface area contributed by atoms with Crippen LogP contribution in [0.15, 0.2) is 12.4 Å². The van der Waals surface area contributed by atoms with Crippen LogP contribution in [0.5, 0.6) is 0 Å². The quantitative estimate of drug-likeness (QED) is 0.687. The first kappa shape index (κ1) is 9.69. The molecule has 1 heterocycles. The van der Waals surface area contributed by atoms with E-state index >= 15 is 0 Å². The highest BCUT2D eigenvalue weighted by molar-refractivity contribution is 5.18. The molecule has 0 saturated heterocycles.